The first kappa shape index (κ1) is 19.9. The van der Waals surface area contributed by atoms with Crippen molar-refractivity contribution in [3.05, 3.63) is 59.7 Å². The average molecular weight is 391 g/mol. The minimum atomic E-state index is -3.94. The molecule has 0 saturated heterocycles. The molecule has 0 atom stereocenters. The number of benzene rings is 2. The highest BCUT2D eigenvalue weighted by Gasteiger charge is 2.16. The molecule has 2 rings (SSSR count). The predicted octanol–water partition coefficient (Wildman–Crippen LogP) is 0.489. The molecule has 10 heteroatoms. The van der Waals surface area contributed by atoms with E-state index in [4.69, 9.17) is 5.73 Å². The molecule has 0 bridgehead atoms. The van der Waals surface area contributed by atoms with E-state index in [1.807, 2.05) is 0 Å². The van der Waals surface area contributed by atoms with E-state index in [0.29, 0.717) is 0 Å². The molecule has 27 heavy (non-hydrogen) atoms. The molecule has 2 aromatic carbocycles. The van der Waals surface area contributed by atoms with E-state index in [1.54, 1.807) is 0 Å². The highest BCUT2D eigenvalue weighted by atomic mass is 32.2. The summed E-state index contributed by atoms with van der Waals surface area (Å²) in [6.07, 6.45) is 0. The Kier molecular flexibility index (Phi) is 6.14. The lowest BCUT2D eigenvalue weighted by molar-refractivity contribution is -0.117. The maximum absolute atomic E-state index is 12.5. The molecule has 0 fully saturated rings. The average Bonchev–Trinajstić information content (AvgIpc) is 2.65. The zero-order chi connectivity index (χ0) is 20.0. The molecule has 0 aliphatic carbocycles. The van der Waals surface area contributed by atoms with E-state index in [0.717, 1.165) is 0 Å². The summed E-state index contributed by atoms with van der Waals surface area (Å²) in [4.78, 5) is 34.0. The first-order valence-electron chi connectivity index (χ1n) is 7.60. The van der Waals surface area contributed by atoms with Gasteiger partial charge in [-0.2, -0.15) is 0 Å². The van der Waals surface area contributed by atoms with Gasteiger partial charge in [-0.3, -0.25) is 14.3 Å². The molecule has 142 valence electrons. The predicted molar refractivity (Wildman–Crippen MR) is 96.6 cm³/mol. The molecule has 0 heterocycles. The van der Waals surface area contributed by atoms with Gasteiger partial charge in [0.15, 0.2) is 0 Å². The number of nitrogens with two attached hydrogens (primary N) is 1. The lowest BCUT2D eigenvalue weighted by Crippen LogP contribution is -2.33. The number of amides is 2. The second kappa shape index (κ2) is 8.32. The van der Waals surface area contributed by atoms with Gasteiger partial charge in [0, 0.05) is 11.3 Å². The molecule has 4 N–H and O–H groups in total. The topological polar surface area (TPSA) is 145 Å². The molecule has 0 aromatic heterocycles. The van der Waals surface area contributed by atoms with Crippen LogP contribution in [0.1, 0.15) is 20.7 Å². The smallest absolute Gasteiger partial charge is 0.337 e. The summed E-state index contributed by atoms with van der Waals surface area (Å²) in [5.41, 5.74) is 5.47. The van der Waals surface area contributed by atoms with Crippen molar-refractivity contribution in [2.75, 3.05) is 18.4 Å². The summed E-state index contributed by atoms with van der Waals surface area (Å²) < 4.78 is 31.8. The van der Waals surface area contributed by atoms with Crippen LogP contribution in [-0.2, 0) is 19.6 Å². The van der Waals surface area contributed by atoms with Crippen LogP contribution in [-0.4, -0.2) is 39.9 Å². The second-order valence-corrected chi connectivity index (χ2v) is 7.03. The third-order valence-corrected chi connectivity index (χ3v) is 4.78. The maximum atomic E-state index is 12.5. The Bertz CT molecular complexity index is 970. The first-order chi connectivity index (χ1) is 12.7. The van der Waals surface area contributed by atoms with Gasteiger partial charge in [0.05, 0.1) is 24.1 Å². The van der Waals surface area contributed by atoms with Crippen LogP contribution in [0.25, 0.3) is 0 Å². The third-order valence-electron chi connectivity index (χ3n) is 3.39. The number of sulfonamides is 1. The molecule has 9 nitrogen and oxygen atoms in total. The Morgan fingerprint density at radius 1 is 1.04 bits per heavy atom. The Morgan fingerprint density at radius 3 is 2.30 bits per heavy atom. The van der Waals surface area contributed by atoms with E-state index < -0.39 is 27.8 Å². The molecule has 0 spiro atoms. The maximum Gasteiger partial charge on any atom is 0.337 e. The Morgan fingerprint density at radius 2 is 1.70 bits per heavy atom. The van der Waals surface area contributed by atoms with Gasteiger partial charge in [-0.15, -0.1) is 0 Å². The van der Waals surface area contributed by atoms with Crippen molar-refractivity contribution in [2.45, 2.75) is 4.90 Å². The fourth-order valence-electron chi connectivity index (χ4n) is 2.10. The van der Waals surface area contributed by atoms with Gasteiger partial charge in [0.25, 0.3) is 15.9 Å². The van der Waals surface area contributed by atoms with Crippen LogP contribution in [0.5, 0.6) is 0 Å². The van der Waals surface area contributed by atoms with Crippen LogP contribution >= 0.6 is 0 Å². The molecule has 2 amide bonds. The van der Waals surface area contributed by atoms with Crippen molar-refractivity contribution in [3.8, 4) is 0 Å². The zero-order valence-corrected chi connectivity index (χ0v) is 15.1. The second-order valence-electron chi connectivity index (χ2n) is 5.35. The van der Waals surface area contributed by atoms with Crippen LogP contribution in [0.15, 0.2) is 53.4 Å². The quantitative estimate of drug-likeness (QED) is 0.586. The Labute approximate surface area is 155 Å². The monoisotopic (exact) mass is 391 g/mol. The number of esters is 1. The minimum Gasteiger partial charge on any atom is -0.465 e. The highest BCUT2D eigenvalue weighted by molar-refractivity contribution is 7.92. The third kappa shape index (κ3) is 5.28. The van der Waals surface area contributed by atoms with Gasteiger partial charge in [-0.05, 0) is 42.5 Å². The molecule has 0 radical (unpaired) electrons. The van der Waals surface area contributed by atoms with Crippen molar-refractivity contribution in [2.24, 2.45) is 5.73 Å². The van der Waals surface area contributed by atoms with Crippen LogP contribution in [0, 0.1) is 0 Å². The zero-order valence-electron chi connectivity index (χ0n) is 14.3. The number of nitrogens with one attached hydrogen (secondary N) is 2. The number of hydrogen-bond donors (Lipinski definition) is 3. The SMILES string of the molecule is COC(=O)c1ccc(S(=O)(=O)Nc2cccc(C(=O)NCC(N)=O)c2)cc1. The van der Waals surface area contributed by atoms with E-state index in [9.17, 15) is 22.8 Å². The normalized spacial score (nSPS) is 10.7. The van der Waals surface area contributed by atoms with Crippen molar-refractivity contribution in [1.29, 1.82) is 0 Å². The molecule has 0 saturated carbocycles. The number of anilines is 1. The van der Waals surface area contributed by atoms with E-state index >= 15 is 0 Å². The lowest BCUT2D eigenvalue weighted by Gasteiger charge is -2.10. The highest BCUT2D eigenvalue weighted by Crippen LogP contribution is 2.18. The lowest BCUT2D eigenvalue weighted by atomic mass is 10.2. The number of ether oxygens (including phenoxy) is 1. The van der Waals surface area contributed by atoms with E-state index in [1.165, 1.54) is 55.6 Å². The van der Waals surface area contributed by atoms with Crippen molar-refractivity contribution in [3.63, 3.8) is 0 Å². The van der Waals surface area contributed by atoms with Gasteiger partial charge in [0.1, 0.15) is 0 Å². The number of rotatable bonds is 7. The van der Waals surface area contributed by atoms with Crippen LogP contribution in [0.2, 0.25) is 0 Å². The molecule has 0 aliphatic rings. The minimum absolute atomic E-state index is 0.0706. The van der Waals surface area contributed by atoms with Crippen LogP contribution in [0.3, 0.4) is 0 Å². The standard InChI is InChI=1S/C17H17N3O6S/c1-26-17(23)11-5-7-14(8-6-11)27(24,25)20-13-4-2-3-12(9-13)16(22)19-10-15(18)21/h2-9,20H,10H2,1H3,(H2,18,21)(H,19,22). The molecular formula is C17H17N3O6S. The summed E-state index contributed by atoms with van der Waals surface area (Å²) in [5.74, 6) is -1.85. The number of carbonyl (C=O) groups excluding carboxylic acids is 3. The fourth-order valence-corrected chi connectivity index (χ4v) is 3.14. The molecule has 0 aliphatic heterocycles. The number of hydrogen-bond acceptors (Lipinski definition) is 6. The number of primary amides is 1. The van der Waals surface area contributed by atoms with Gasteiger partial charge in [-0.25, -0.2) is 13.2 Å². The summed E-state index contributed by atoms with van der Waals surface area (Å²) in [7, 11) is -2.72. The largest absolute Gasteiger partial charge is 0.465 e. The van der Waals surface area contributed by atoms with Gasteiger partial charge in [-0.1, -0.05) is 6.07 Å². The summed E-state index contributed by atoms with van der Waals surface area (Å²) in [5, 5.41) is 2.31. The summed E-state index contributed by atoms with van der Waals surface area (Å²) >= 11 is 0. The van der Waals surface area contributed by atoms with Gasteiger partial charge in [0.2, 0.25) is 5.91 Å². The van der Waals surface area contributed by atoms with Crippen LogP contribution in [0.4, 0.5) is 5.69 Å². The van der Waals surface area contributed by atoms with Crippen LogP contribution < -0.4 is 15.8 Å². The number of methoxy groups -OCH3 is 1. The Balaban J connectivity index is 2.18. The first-order valence-corrected chi connectivity index (χ1v) is 9.09. The Hall–Kier alpha value is -3.40. The van der Waals surface area contributed by atoms with E-state index in [2.05, 4.69) is 14.8 Å². The van der Waals surface area contributed by atoms with Crippen molar-refractivity contribution >= 4 is 33.5 Å². The molecule has 2 aromatic rings. The van der Waals surface area contributed by atoms with Crippen molar-refractivity contribution in [1.82, 2.24) is 5.32 Å². The molecular weight excluding hydrogens is 374 g/mol. The molecule has 0 unspecified atom stereocenters. The van der Waals surface area contributed by atoms with Gasteiger partial charge >= 0.3 is 5.97 Å². The van der Waals surface area contributed by atoms with Crippen molar-refractivity contribution < 1.29 is 27.5 Å². The number of carbonyl (C=O) groups is 3. The van der Waals surface area contributed by atoms with E-state index in [-0.39, 0.29) is 28.3 Å². The summed E-state index contributed by atoms with van der Waals surface area (Å²) in [6.45, 7) is -0.332. The summed E-state index contributed by atoms with van der Waals surface area (Å²) in [6, 6.07) is 10.9. The fraction of sp³-hybridized carbons (Fsp3) is 0.118. The van der Waals surface area contributed by atoms with Gasteiger partial charge < -0.3 is 15.8 Å².